The van der Waals surface area contributed by atoms with Gasteiger partial charge in [0.25, 0.3) is 5.91 Å². The maximum absolute atomic E-state index is 13.7. The van der Waals surface area contributed by atoms with Crippen LogP contribution >= 0.6 is 0 Å². The Morgan fingerprint density at radius 3 is 2.36 bits per heavy atom. The first-order chi connectivity index (χ1) is 16.2. The number of hydrogen-bond acceptors (Lipinski definition) is 6. The lowest BCUT2D eigenvalue weighted by Crippen LogP contribution is -2.58. The van der Waals surface area contributed by atoms with Crippen molar-refractivity contribution in [1.82, 2.24) is 4.90 Å². The van der Waals surface area contributed by atoms with Crippen LogP contribution in [0.5, 0.6) is 5.75 Å². The summed E-state index contributed by atoms with van der Waals surface area (Å²) in [6, 6.07) is 18.1. The first-order valence-corrected chi connectivity index (χ1v) is 11.7. The summed E-state index contributed by atoms with van der Waals surface area (Å²) in [6.45, 7) is 5.40. The quantitative estimate of drug-likeness (QED) is 0.543. The smallest absolute Gasteiger partial charge is 0.255 e. The molecule has 0 atom stereocenters. The van der Waals surface area contributed by atoms with Crippen LogP contribution in [-0.2, 0) is 25.6 Å². The predicted molar refractivity (Wildman–Crippen MR) is 127 cm³/mol. The van der Waals surface area contributed by atoms with Crippen LogP contribution < -0.4 is 9.64 Å². The Morgan fingerprint density at radius 1 is 0.939 bits per heavy atom. The molecule has 0 bridgehead atoms. The number of ether oxygens (including phenoxy) is 4. The lowest BCUT2D eigenvalue weighted by Gasteiger charge is -2.43. The molecule has 4 rings (SSSR count). The number of methoxy groups -OCH3 is 1. The number of carbonyl (C=O) groups is 1. The van der Waals surface area contributed by atoms with Crippen LogP contribution in [-0.4, -0.2) is 76.1 Å². The molecular weight excluding hydrogens is 420 g/mol. The first-order valence-electron chi connectivity index (χ1n) is 11.7. The van der Waals surface area contributed by atoms with Crippen LogP contribution in [0.25, 0.3) is 0 Å². The summed E-state index contributed by atoms with van der Waals surface area (Å²) in [6.07, 6.45) is 1.18. The minimum atomic E-state index is -0.808. The summed E-state index contributed by atoms with van der Waals surface area (Å²) in [7, 11) is 1.67. The van der Waals surface area contributed by atoms with Crippen molar-refractivity contribution in [3.8, 4) is 5.75 Å². The molecule has 0 saturated carbocycles. The van der Waals surface area contributed by atoms with E-state index in [1.54, 1.807) is 7.11 Å². The monoisotopic (exact) mass is 454 g/mol. The summed E-state index contributed by atoms with van der Waals surface area (Å²) in [4.78, 5) is 17.9. The molecule has 2 aromatic rings. The number of piperazine rings is 1. The Kier molecular flexibility index (Phi) is 8.20. The molecule has 2 aliphatic rings. The Balaban J connectivity index is 1.39. The molecule has 0 radical (unpaired) electrons. The molecule has 7 nitrogen and oxygen atoms in total. The highest BCUT2D eigenvalue weighted by Crippen LogP contribution is 2.32. The number of para-hydroxylation sites is 2. The minimum Gasteiger partial charge on any atom is -0.489 e. The first kappa shape index (κ1) is 23.5. The summed E-state index contributed by atoms with van der Waals surface area (Å²) in [5.74, 6) is 0.937. The Bertz CT molecular complexity index is 877. The molecule has 2 fully saturated rings. The molecule has 2 saturated heterocycles. The van der Waals surface area contributed by atoms with Gasteiger partial charge in [0.05, 0.1) is 18.9 Å². The van der Waals surface area contributed by atoms with Crippen LogP contribution in [0, 0.1) is 0 Å². The van der Waals surface area contributed by atoms with E-state index in [0.29, 0.717) is 59.0 Å². The highest BCUT2D eigenvalue weighted by Gasteiger charge is 2.44. The third kappa shape index (κ3) is 5.85. The van der Waals surface area contributed by atoms with Crippen LogP contribution in [0.1, 0.15) is 18.4 Å². The average molecular weight is 455 g/mol. The predicted octanol–water partition coefficient (Wildman–Crippen LogP) is 3.13. The fraction of sp³-hybridized carbons (Fsp3) is 0.500. The Labute approximate surface area is 196 Å². The van der Waals surface area contributed by atoms with Crippen LogP contribution in [0.15, 0.2) is 54.6 Å². The summed E-state index contributed by atoms with van der Waals surface area (Å²) in [5, 5.41) is 0. The normalized spacial score (nSPS) is 18.2. The van der Waals surface area contributed by atoms with E-state index in [0.717, 1.165) is 30.1 Å². The van der Waals surface area contributed by atoms with Gasteiger partial charge in [-0.05, 0) is 17.7 Å². The van der Waals surface area contributed by atoms with Crippen molar-refractivity contribution in [1.29, 1.82) is 0 Å². The van der Waals surface area contributed by atoms with E-state index in [1.807, 2.05) is 53.4 Å². The topological polar surface area (TPSA) is 60.5 Å². The zero-order valence-electron chi connectivity index (χ0n) is 19.4. The molecule has 0 unspecified atom stereocenters. The zero-order chi connectivity index (χ0) is 22.9. The Hall–Kier alpha value is -2.61. The molecule has 0 spiro atoms. The van der Waals surface area contributed by atoms with Gasteiger partial charge >= 0.3 is 0 Å². The third-order valence-electron chi connectivity index (χ3n) is 6.37. The van der Waals surface area contributed by atoms with Gasteiger partial charge in [0.2, 0.25) is 0 Å². The lowest BCUT2D eigenvalue weighted by molar-refractivity contribution is -0.174. The molecule has 2 heterocycles. The average Bonchev–Trinajstić information content (AvgIpc) is 2.89. The van der Waals surface area contributed by atoms with Crippen molar-refractivity contribution in [2.45, 2.75) is 25.0 Å². The van der Waals surface area contributed by atoms with Crippen LogP contribution in [0.3, 0.4) is 0 Å². The van der Waals surface area contributed by atoms with Gasteiger partial charge in [-0.25, -0.2) is 0 Å². The molecule has 0 N–H and O–H groups in total. The van der Waals surface area contributed by atoms with Crippen molar-refractivity contribution < 1.29 is 23.7 Å². The van der Waals surface area contributed by atoms with E-state index in [-0.39, 0.29) is 5.91 Å². The van der Waals surface area contributed by atoms with E-state index in [9.17, 15) is 4.79 Å². The highest BCUT2D eigenvalue weighted by atomic mass is 16.5. The van der Waals surface area contributed by atoms with Crippen LogP contribution in [0.2, 0.25) is 0 Å². The van der Waals surface area contributed by atoms with Gasteiger partial charge in [0.1, 0.15) is 12.4 Å². The largest absolute Gasteiger partial charge is 0.489 e. The number of carbonyl (C=O) groups excluding carboxylic acids is 1. The molecule has 178 valence electrons. The van der Waals surface area contributed by atoms with E-state index < -0.39 is 5.60 Å². The van der Waals surface area contributed by atoms with Gasteiger partial charge < -0.3 is 28.7 Å². The minimum absolute atomic E-state index is 0.0889. The van der Waals surface area contributed by atoms with Crippen molar-refractivity contribution in [3.05, 3.63) is 60.2 Å². The standard InChI is InChI=1S/C26H34N2O5/c1-30-19-20-32-24-10-6-5-9-23(24)27-13-15-28(16-14-27)25(29)26(11-17-31-18-12-26)33-21-22-7-3-2-4-8-22/h2-10H,11-21H2,1H3. The number of nitrogens with zero attached hydrogens (tertiary/aromatic N) is 2. The SMILES string of the molecule is COCCOc1ccccc1N1CCN(C(=O)C2(OCc3ccccc3)CCOCC2)CC1. The van der Waals surface area contributed by atoms with Crippen molar-refractivity contribution in [2.24, 2.45) is 0 Å². The maximum atomic E-state index is 13.7. The summed E-state index contributed by atoms with van der Waals surface area (Å²) >= 11 is 0. The molecule has 1 amide bonds. The molecule has 2 aliphatic heterocycles. The fourth-order valence-corrected chi connectivity index (χ4v) is 4.43. The van der Waals surface area contributed by atoms with Crippen molar-refractivity contribution >= 4 is 11.6 Å². The number of hydrogen-bond donors (Lipinski definition) is 0. The van der Waals surface area contributed by atoms with Gasteiger partial charge in [-0.3, -0.25) is 4.79 Å². The van der Waals surface area contributed by atoms with Crippen LogP contribution in [0.4, 0.5) is 5.69 Å². The second-order valence-corrected chi connectivity index (χ2v) is 8.47. The molecule has 2 aromatic carbocycles. The third-order valence-corrected chi connectivity index (χ3v) is 6.37. The van der Waals surface area contributed by atoms with Crippen molar-refractivity contribution in [3.63, 3.8) is 0 Å². The van der Waals surface area contributed by atoms with E-state index in [4.69, 9.17) is 18.9 Å². The Morgan fingerprint density at radius 2 is 1.64 bits per heavy atom. The molecule has 0 aromatic heterocycles. The fourth-order valence-electron chi connectivity index (χ4n) is 4.43. The second-order valence-electron chi connectivity index (χ2n) is 8.47. The summed E-state index contributed by atoms with van der Waals surface area (Å²) < 4.78 is 22.9. The number of benzene rings is 2. The molecule has 0 aliphatic carbocycles. The molecular formula is C26H34N2O5. The summed E-state index contributed by atoms with van der Waals surface area (Å²) in [5.41, 5.74) is 1.32. The van der Waals surface area contributed by atoms with Gasteiger partial charge in [-0.2, -0.15) is 0 Å². The van der Waals surface area contributed by atoms with Gasteiger partial charge in [0.15, 0.2) is 5.60 Å². The second kappa shape index (κ2) is 11.5. The number of anilines is 1. The lowest BCUT2D eigenvalue weighted by atomic mass is 9.91. The molecule has 33 heavy (non-hydrogen) atoms. The van der Waals surface area contributed by atoms with Gasteiger partial charge in [-0.15, -0.1) is 0 Å². The van der Waals surface area contributed by atoms with E-state index >= 15 is 0 Å². The van der Waals surface area contributed by atoms with Crippen molar-refractivity contribution in [2.75, 3.05) is 64.6 Å². The molecule has 7 heteroatoms. The van der Waals surface area contributed by atoms with Gasteiger partial charge in [0, 0.05) is 59.3 Å². The highest BCUT2D eigenvalue weighted by molar-refractivity contribution is 5.85. The zero-order valence-corrected chi connectivity index (χ0v) is 19.4. The van der Waals surface area contributed by atoms with E-state index in [2.05, 4.69) is 11.0 Å². The number of amides is 1. The number of rotatable bonds is 9. The maximum Gasteiger partial charge on any atom is 0.255 e. The van der Waals surface area contributed by atoms with Gasteiger partial charge in [-0.1, -0.05) is 42.5 Å². The van der Waals surface area contributed by atoms with E-state index in [1.165, 1.54) is 0 Å².